The molecule has 1 aliphatic rings. The third kappa shape index (κ3) is 3.07. The molecule has 2 aromatic heterocycles. The van der Waals surface area contributed by atoms with Crippen LogP contribution in [0.2, 0.25) is 0 Å². The van der Waals surface area contributed by atoms with Gasteiger partial charge in [-0.15, -0.1) is 0 Å². The third-order valence-corrected chi connectivity index (χ3v) is 6.40. The molecule has 1 aliphatic heterocycles. The van der Waals surface area contributed by atoms with Crippen LogP contribution in [0.15, 0.2) is 72.9 Å². The molecule has 3 aromatic carbocycles. The molecule has 152 valence electrons. The second-order valence-corrected chi connectivity index (χ2v) is 8.43. The Morgan fingerprint density at radius 1 is 0.903 bits per heavy atom. The van der Waals surface area contributed by atoms with Gasteiger partial charge in [0.1, 0.15) is 11.3 Å². The maximum absolute atomic E-state index is 6.59. The normalized spacial score (nSPS) is 13.2. The quantitative estimate of drug-likeness (QED) is 0.414. The van der Waals surface area contributed by atoms with Crippen LogP contribution in [0.3, 0.4) is 0 Å². The van der Waals surface area contributed by atoms with Crippen LogP contribution >= 0.6 is 0 Å². The van der Waals surface area contributed by atoms with Crippen LogP contribution in [-0.4, -0.2) is 14.5 Å². The first-order valence-electron chi connectivity index (χ1n) is 10.9. The number of aromatic nitrogens is 3. The van der Waals surface area contributed by atoms with E-state index in [0.29, 0.717) is 0 Å². The summed E-state index contributed by atoms with van der Waals surface area (Å²) in [6, 6.07) is 23.4. The maximum Gasteiger partial charge on any atom is 0.110 e. The highest BCUT2D eigenvalue weighted by Gasteiger charge is 2.22. The fraction of sp³-hybridized carbons (Fsp3) is 0.185. The maximum atomic E-state index is 6.59. The summed E-state index contributed by atoms with van der Waals surface area (Å²) in [5, 5.41) is 1.17. The van der Waals surface area contributed by atoms with Gasteiger partial charge in [-0.2, -0.15) is 0 Å². The average Bonchev–Trinajstić information content (AvgIpc) is 3.39. The highest BCUT2D eigenvalue weighted by atomic mass is 15.1. The minimum Gasteiger partial charge on any atom is -0.397 e. The highest BCUT2D eigenvalue weighted by molar-refractivity contribution is 6.09. The minimum absolute atomic E-state index is 0.744. The van der Waals surface area contributed by atoms with Crippen molar-refractivity contribution in [2.75, 3.05) is 5.73 Å². The zero-order chi connectivity index (χ0) is 20.8. The first-order valence-corrected chi connectivity index (χ1v) is 10.9. The van der Waals surface area contributed by atoms with Crippen molar-refractivity contribution in [3.8, 4) is 0 Å². The van der Waals surface area contributed by atoms with Gasteiger partial charge in [0.25, 0.3) is 0 Å². The number of rotatable bonds is 4. The molecule has 0 amide bonds. The Morgan fingerprint density at radius 3 is 2.35 bits per heavy atom. The van der Waals surface area contributed by atoms with Crippen LogP contribution < -0.4 is 5.73 Å². The Hall–Kier alpha value is -3.66. The topological polar surface area (TPSA) is 56.7 Å². The van der Waals surface area contributed by atoms with Crippen molar-refractivity contribution in [3.63, 3.8) is 0 Å². The molecule has 2 N–H and O–H groups in total. The Labute approximate surface area is 181 Å². The molecule has 0 fully saturated rings. The van der Waals surface area contributed by atoms with Crippen molar-refractivity contribution < 1.29 is 0 Å². The third-order valence-electron chi connectivity index (χ3n) is 6.40. The molecule has 0 aliphatic carbocycles. The summed E-state index contributed by atoms with van der Waals surface area (Å²) in [5.74, 6) is 1.17. The largest absolute Gasteiger partial charge is 0.397 e. The van der Waals surface area contributed by atoms with Crippen molar-refractivity contribution in [2.45, 2.75) is 32.2 Å². The summed E-state index contributed by atoms with van der Waals surface area (Å²) in [6.45, 7) is 1.01. The first-order chi connectivity index (χ1) is 15.3. The minimum atomic E-state index is 0.744. The number of nitrogens with two attached hydrogens (primary N) is 1. The van der Waals surface area contributed by atoms with Gasteiger partial charge in [-0.3, -0.25) is 4.98 Å². The lowest BCUT2D eigenvalue weighted by Gasteiger charge is -2.17. The van der Waals surface area contributed by atoms with Crippen LogP contribution in [0, 0.1) is 0 Å². The number of fused-ring (bicyclic) bond motifs is 5. The number of hydrogen-bond donors (Lipinski definition) is 1. The number of anilines is 1. The lowest BCUT2D eigenvalue weighted by atomic mass is 9.90. The Morgan fingerprint density at radius 2 is 1.61 bits per heavy atom. The molecule has 0 atom stereocenters. The molecule has 0 radical (unpaired) electrons. The van der Waals surface area contributed by atoms with E-state index < -0.39 is 0 Å². The average molecular weight is 405 g/mol. The van der Waals surface area contributed by atoms with Gasteiger partial charge >= 0.3 is 0 Å². The monoisotopic (exact) mass is 404 g/mol. The summed E-state index contributed by atoms with van der Waals surface area (Å²) >= 11 is 0. The van der Waals surface area contributed by atoms with E-state index in [9.17, 15) is 0 Å². The number of imidazole rings is 1. The van der Waals surface area contributed by atoms with E-state index in [0.717, 1.165) is 48.9 Å². The fourth-order valence-corrected chi connectivity index (χ4v) is 4.99. The van der Waals surface area contributed by atoms with Gasteiger partial charge in [0.15, 0.2) is 0 Å². The van der Waals surface area contributed by atoms with Crippen molar-refractivity contribution in [3.05, 3.63) is 101 Å². The van der Waals surface area contributed by atoms with Crippen molar-refractivity contribution in [1.29, 1.82) is 0 Å². The molecule has 0 spiro atoms. The predicted molar refractivity (Wildman–Crippen MR) is 126 cm³/mol. The van der Waals surface area contributed by atoms with E-state index in [4.69, 9.17) is 15.7 Å². The second kappa shape index (κ2) is 7.24. The number of nitrogens with zero attached hydrogens (tertiary/aromatic N) is 3. The summed E-state index contributed by atoms with van der Waals surface area (Å²) in [7, 11) is 0. The Kier molecular flexibility index (Phi) is 4.23. The number of nitrogen functional groups attached to an aromatic ring is 1. The summed E-state index contributed by atoms with van der Waals surface area (Å²) in [5.41, 5.74) is 15.6. The van der Waals surface area contributed by atoms with E-state index >= 15 is 0 Å². The van der Waals surface area contributed by atoms with E-state index in [-0.39, 0.29) is 0 Å². The van der Waals surface area contributed by atoms with Gasteiger partial charge < -0.3 is 10.3 Å². The zero-order valence-electron chi connectivity index (χ0n) is 17.4. The van der Waals surface area contributed by atoms with Gasteiger partial charge in [-0.05, 0) is 47.6 Å². The van der Waals surface area contributed by atoms with Gasteiger partial charge in [-0.25, -0.2) is 4.98 Å². The van der Waals surface area contributed by atoms with Crippen molar-refractivity contribution >= 4 is 27.6 Å². The van der Waals surface area contributed by atoms with Crippen LogP contribution in [0.4, 0.5) is 5.69 Å². The molecule has 4 nitrogen and oxygen atoms in total. The molecule has 3 heterocycles. The van der Waals surface area contributed by atoms with E-state index in [1.54, 1.807) is 0 Å². The lowest BCUT2D eigenvalue weighted by Crippen LogP contribution is -2.04. The second-order valence-electron chi connectivity index (χ2n) is 8.43. The SMILES string of the molecule is Nc1cc(Cc2ccccc2)c(Cc2ccccc2)c2c1ncc1nc3n(c12)CCC3. The highest BCUT2D eigenvalue weighted by Crippen LogP contribution is 2.36. The molecule has 0 unspecified atom stereocenters. The molecule has 0 saturated heterocycles. The molecule has 0 saturated carbocycles. The van der Waals surface area contributed by atoms with Crippen molar-refractivity contribution in [1.82, 2.24) is 14.5 Å². The molecular formula is C27H24N4. The fourth-order valence-electron chi connectivity index (χ4n) is 4.99. The van der Waals surface area contributed by atoms with Gasteiger partial charge in [0, 0.05) is 18.4 Å². The van der Waals surface area contributed by atoms with Crippen LogP contribution in [0.25, 0.3) is 21.9 Å². The van der Waals surface area contributed by atoms with Gasteiger partial charge in [-0.1, -0.05) is 60.7 Å². The summed E-state index contributed by atoms with van der Waals surface area (Å²) < 4.78 is 2.39. The number of hydrogen-bond acceptors (Lipinski definition) is 3. The van der Waals surface area contributed by atoms with Crippen LogP contribution in [0.1, 0.15) is 34.5 Å². The zero-order valence-corrected chi connectivity index (χ0v) is 17.4. The van der Waals surface area contributed by atoms with E-state index in [1.807, 2.05) is 6.20 Å². The van der Waals surface area contributed by atoms with Crippen LogP contribution in [0.5, 0.6) is 0 Å². The van der Waals surface area contributed by atoms with Crippen LogP contribution in [-0.2, 0) is 25.8 Å². The molecule has 5 aromatic rings. The summed E-state index contributed by atoms with van der Waals surface area (Å²) in [4.78, 5) is 9.67. The lowest BCUT2D eigenvalue weighted by molar-refractivity contribution is 0.772. The van der Waals surface area contributed by atoms with Gasteiger partial charge in [0.2, 0.25) is 0 Å². The van der Waals surface area contributed by atoms with E-state index in [1.165, 1.54) is 39.0 Å². The van der Waals surface area contributed by atoms with E-state index in [2.05, 4.69) is 71.3 Å². The predicted octanol–water partition coefficient (Wildman–Crippen LogP) is 5.29. The Bertz CT molecular complexity index is 1400. The Balaban J connectivity index is 1.66. The molecular weight excluding hydrogens is 380 g/mol. The van der Waals surface area contributed by atoms with Crippen molar-refractivity contribution in [2.24, 2.45) is 0 Å². The first kappa shape index (κ1) is 18.1. The number of aryl methyl sites for hydroxylation is 2. The number of pyridine rings is 1. The number of benzene rings is 3. The summed E-state index contributed by atoms with van der Waals surface area (Å²) in [6.07, 6.45) is 5.77. The smallest absolute Gasteiger partial charge is 0.110 e. The standard InChI is InChI=1S/C27H24N4/c28-22-16-20(14-18-8-3-1-4-9-18)21(15-19-10-5-2-6-11-19)25-26(22)29-17-23-27(25)31-13-7-12-24(31)30-23/h1-6,8-11,16-17H,7,12-15,28H2. The van der Waals surface area contributed by atoms with Gasteiger partial charge in [0.05, 0.1) is 22.9 Å². The molecule has 4 heteroatoms. The molecule has 6 rings (SSSR count). The molecule has 0 bridgehead atoms. The molecule has 31 heavy (non-hydrogen) atoms.